The van der Waals surface area contributed by atoms with Gasteiger partial charge in [-0.15, -0.1) is 0 Å². The van der Waals surface area contributed by atoms with Gasteiger partial charge in [-0.05, 0) is 38.0 Å². The lowest BCUT2D eigenvalue weighted by Crippen LogP contribution is -2.29. The predicted molar refractivity (Wildman–Crippen MR) is 81.6 cm³/mol. The van der Waals surface area contributed by atoms with E-state index in [1.165, 1.54) is 13.5 Å². The SMILES string of the molecule is COc1cc(C(C)=NNC(=O)C2CCCCC2)ccc1O. The number of methoxy groups -OCH3 is 1. The van der Waals surface area contributed by atoms with Crippen molar-refractivity contribution < 1.29 is 14.6 Å². The van der Waals surface area contributed by atoms with E-state index >= 15 is 0 Å². The van der Waals surface area contributed by atoms with E-state index in [1.54, 1.807) is 18.2 Å². The topological polar surface area (TPSA) is 70.9 Å². The van der Waals surface area contributed by atoms with Crippen molar-refractivity contribution >= 4 is 11.6 Å². The van der Waals surface area contributed by atoms with Crippen LogP contribution in [0.1, 0.15) is 44.6 Å². The lowest BCUT2D eigenvalue weighted by atomic mass is 9.89. The van der Waals surface area contributed by atoms with E-state index in [-0.39, 0.29) is 17.6 Å². The number of hydrogen-bond acceptors (Lipinski definition) is 4. The zero-order valence-corrected chi connectivity index (χ0v) is 12.6. The molecule has 0 spiro atoms. The van der Waals surface area contributed by atoms with Gasteiger partial charge in [-0.1, -0.05) is 19.3 Å². The normalized spacial score (nSPS) is 16.6. The van der Waals surface area contributed by atoms with Crippen LogP contribution < -0.4 is 10.2 Å². The minimum absolute atomic E-state index is 0.000191. The molecule has 0 aliphatic heterocycles. The predicted octanol–water partition coefficient (Wildman–Crippen LogP) is 2.82. The Kier molecular flexibility index (Phi) is 5.20. The highest BCUT2D eigenvalue weighted by atomic mass is 16.5. The summed E-state index contributed by atoms with van der Waals surface area (Å²) >= 11 is 0. The van der Waals surface area contributed by atoms with Crippen molar-refractivity contribution in [3.05, 3.63) is 23.8 Å². The molecule has 114 valence electrons. The highest BCUT2D eigenvalue weighted by Crippen LogP contribution is 2.26. The van der Waals surface area contributed by atoms with Gasteiger partial charge in [-0.25, -0.2) is 5.43 Å². The van der Waals surface area contributed by atoms with Gasteiger partial charge in [0.1, 0.15) is 0 Å². The molecule has 5 nitrogen and oxygen atoms in total. The van der Waals surface area contributed by atoms with Crippen molar-refractivity contribution in [3.63, 3.8) is 0 Å². The number of benzene rings is 1. The number of carbonyl (C=O) groups is 1. The molecule has 0 aromatic heterocycles. The van der Waals surface area contributed by atoms with E-state index in [0.717, 1.165) is 31.2 Å². The number of phenolic OH excluding ortho intramolecular Hbond substituents is 1. The van der Waals surface area contributed by atoms with Crippen molar-refractivity contribution in [2.24, 2.45) is 11.0 Å². The number of nitrogens with one attached hydrogen (secondary N) is 1. The van der Waals surface area contributed by atoms with Gasteiger partial charge in [-0.3, -0.25) is 4.79 Å². The van der Waals surface area contributed by atoms with Gasteiger partial charge in [0, 0.05) is 11.5 Å². The van der Waals surface area contributed by atoms with Gasteiger partial charge >= 0.3 is 0 Å². The maximum Gasteiger partial charge on any atom is 0.243 e. The monoisotopic (exact) mass is 290 g/mol. The van der Waals surface area contributed by atoms with Crippen LogP contribution in [0, 0.1) is 5.92 Å². The van der Waals surface area contributed by atoms with Crippen LogP contribution in [0.4, 0.5) is 0 Å². The lowest BCUT2D eigenvalue weighted by molar-refractivity contribution is -0.125. The van der Waals surface area contributed by atoms with E-state index in [2.05, 4.69) is 10.5 Å². The van der Waals surface area contributed by atoms with Crippen LogP contribution in [0.5, 0.6) is 11.5 Å². The standard InChI is InChI=1S/C16H22N2O3/c1-11(13-8-9-14(19)15(10-13)21-2)17-18-16(20)12-6-4-3-5-7-12/h8-10,12,19H,3-7H2,1-2H3,(H,18,20). The Bertz CT molecular complexity index is 534. The molecule has 0 radical (unpaired) electrons. The quantitative estimate of drug-likeness (QED) is 0.661. The fraction of sp³-hybridized carbons (Fsp3) is 0.500. The average molecular weight is 290 g/mol. The maximum atomic E-state index is 12.0. The van der Waals surface area contributed by atoms with Crippen LogP contribution in [0.3, 0.4) is 0 Å². The zero-order valence-electron chi connectivity index (χ0n) is 12.6. The van der Waals surface area contributed by atoms with Crippen LogP contribution in [0.2, 0.25) is 0 Å². The van der Waals surface area contributed by atoms with Gasteiger partial charge in [0.2, 0.25) is 5.91 Å². The summed E-state index contributed by atoms with van der Waals surface area (Å²) in [7, 11) is 1.50. The average Bonchev–Trinajstić information content (AvgIpc) is 2.53. The molecule has 1 saturated carbocycles. The van der Waals surface area contributed by atoms with E-state index in [0.29, 0.717) is 11.5 Å². The highest BCUT2D eigenvalue weighted by molar-refractivity contribution is 5.99. The summed E-state index contributed by atoms with van der Waals surface area (Å²) in [6.07, 6.45) is 5.37. The van der Waals surface area contributed by atoms with Gasteiger partial charge in [0.15, 0.2) is 11.5 Å². The first-order valence-corrected chi connectivity index (χ1v) is 7.33. The molecule has 21 heavy (non-hydrogen) atoms. The van der Waals surface area contributed by atoms with Crippen molar-refractivity contribution in [3.8, 4) is 11.5 Å². The molecule has 1 aromatic carbocycles. The Labute approximate surface area is 125 Å². The van der Waals surface area contributed by atoms with Gasteiger partial charge in [0.05, 0.1) is 12.8 Å². The number of amides is 1. The number of hydrazone groups is 1. The molecule has 2 rings (SSSR count). The van der Waals surface area contributed by atoms with Crippen molar-refractivity contribution in [2.45, 2.75) is 39.0 Å². The molecule has 1 fully saturated rings. The molecule has 1 aromatic rings. The van der Waals surface area contributed by atoms with E-state index < -0.39 is 0 Å². The fourth-order valence-corrected chi connectivity index (χ4v) is 2.56. The molecule has 0 bridgehead atoms. The van der Waals surface area contributed by atoms with Crippen molar-refractivity contribution in [1.82, 2.24) is 5.43 Å². The second-order valence-corrected chi connectivity index (χ2v) is 5.39. The van der Waals surface area contributed by atoms with E-state index in [1.807, 2.05) is 6.92 Å². The Morgan fingerprint density at radius 1 is 1.33 bits per heavy atom. The zero-order chi connectivity index (χ0) is 15.2. The van der Waals surface area contributed by atoms with Crippen LogP contribution >= 0.6 is 0 Å². The van der Waals surface area contributed by atoms with Crippen LogP contribution in [0.25, 0.3) is 0 Å². The number of aromatic hydroxyl groups is 1. The molecule has 5 heteroatoms. The Balaban J connectivity index is 2.01. The summed E-state index contributed by atoms with van der Waals surface area (Å²) < 4.78 is 5.06. The Hall–Kier alpha value is -2.04. The van der Waals surface area contributed by atoms with Gasteiger partial charge < -0.3 is 9.84 Å². The first-order chi connectivity index (χ1) is 10.1. The number of hydrogen-bond donors (Lipinski definition) is 2. The Morgan fingerprint density at radius 3 is 2.71 bits per heavy atom. The van der Waals surface area contributed by atoms with E-state index in [9.17, 15) is 9.90 Å². The fourth-order valence-electron chi connectivity index (χ4n) is 2.56. The maximum absolute atomic E-state index is 12.0. The number of rotatable bonds is 4. The molecule has 1 amide bonds. The summed E-state index contributed by atoms with van der Waals surface area (Å²) in [5, 5.41) is 13.7. The van der Waals surface area contributed by atoms with Crippen molar-refractivity contribution in [2.75, 3.05) is 7.11 Å². The third-order valence-corrected chi connectivity index (χ3v) is 3.91. The summed E-state index contributed by atoms with van der Waals surface area (Å²) in [6, 6.07) is 4.99. The second kappa shape index (κ2) is 7.11. The largest absolute Gasteiger partial charge is 0.504 e. The molecule has 0 saturated heterocycles. The summed E-state index contributed by atoms with van der Waals surface area (Å²) in [5.74, 6) is 0.561. The highest BCUT2D eigenvalue weighted by Gasteiger charge is 2.20. The van der Waals surface area contributed by atoms with Crippen LogP contribution in [-0.2, 0) is 4.79 Å². The number of nitrogens with zero attached hydrogens (tertiary/aromatic N) is 1. The molecule has 0 heterocycles. The lowest BCUT2D eigenvalue weighted by Gasteiger charge is -2.19. The summed E-state index contributed by atoms with van der Waals surface area (Å²) in [6.45, 7) is 1.81. The van der Waals surface area contributed by atoms with Crippen LogP contribution in [0.15, 0.2) is 23.3 Å². The molecular formula is C16H22N2O3. The van der Waals surface area contributed by atoms with Gasteiger partial charge in [0.25, 0.3) is 0 Å². The second-order valence-electron chi connectivity index (χ2n) is 5.39. The number of ether oxygens (including phenoxy) is 1. The van der Waals surface area contributed by atoms with E-state index in [4.69, 9.17) is 4.74 Å². The number of carbonyl (C=O) groups excluding carboxylic acids is 1. The molecule has 2 N–H and O–H groups in total. The number of phenols is 1. The summed E-state index contributed by atoms with van der Waals surface area (Å²) in [4.78, 5) is 12.0. The van der Waals surface area contributed by atoms with Crippen molar-refractivity contribution in [1.29, 1.82) is 0 Å². The Morgan fingerprint density at radius 2 is 2.05 bits per heavy atom. The molecule has 0 atom stereocenters. The first-order valence-electron chi connectivity index (χ1n) is 7.33. The first kappa shape index (κ1) is 15.4. The minimum Gasteiger partial charge on any atom is -0.504 e. The van der Waals surface area contributed by atoms with Gasteiger partial charge in [-0.2, -0.15) is 5.10 Å². The molecule has 0 unspecified atom stereocenters. The third-order valence-electron chi connectivity index (χ3n) is 3.91. The minimum atomic E-state index is -0.000191. The van der Waals surface area contributed by atoms with Crippen LogP contribution in [-0.4, -0.2) is 23.8 Å². The smallest absolute Gasteiger partial charge is 0.243 e. The summed E-state index contributed by atoms with van der Waals surface area (Å²) in [5.41, 5.74) is 4.13. The molecule has 1 aliphatic carbocycles. The third kappa shape index (κ3) is 3.97. The molecule has 1 aliphatic rings. The molecular weight excluding hydrogens is 268 g/mol.